The standard InChI is InChI=1S/C16H15Si.Zr/c1-17(2)14-9-7-13(11-14)16-10-8-12-5-3-4-6-15(12)16;/h3-10,16H,1-2H3;. The van der Waals surface area contributed by atoms with Crippen molar-refractivity contribution in [1.82, 2.24) is 0 Å². The Hall–Kier alpha value is -0.590. The van der Waals surface area contributed by atoms with Gasteiger partial charge in [-0.2, -0.15) is 0 Å². The molecule has 0 spiro atoms. The first kappa shape index (κ1) is 12.4. The second-order valence-corrected chi connectivity index (χ2v) is 8.81. The first-order valence-electron chi connectivity index (χ1n) is 6.27. The molecule has 0 saturated carbocycles. The van der Waals surface area contributed by atoms with Crippen LogP contribution in [-0.2, 0) is 24.7 Å². The minimum atomic E-state index is -0.328. The van der Waals surface area contributed by atoms with Crippen molar-refractivity contribution in [1.29, 1.82) is 0 Å². The van der Waals surface area contributed by atoms with Crippen LogP contribution < -0.4 is 0 Å². The van der Waals surface area contributed by atoms with Crippen molar-refractivity contribution >= 4 is 19.7 Å². The van der Waals surface area contributed by atoms with Gasteiger partial charge in [0, 0.05) is 0 Å². The minimum absolute atomic E-state index is 0.328. The van der Waals surface area contributed by atoms with Gasteiger partial charge in [0.25, 0.3) is 0 Å². The first-order valence-corrected chi connectivity index (χ1v) is 10.00. The molecule has 1 atom stereocenters. The van der Waals surface area contributed by atoms with Crippen molar-refractivity contribution in [3.05, 3.63) is 62.5 Å². The molecule has 0 saturated heterocycles. The number of benzene rings is 1. The maximum absolute atomic E-state index is 2.38. The molecule has 0 bridgehead atoms. The van der Waals surface area contributed by atoms with E-state index in [1.54, 1.807) is 33.2 Å². The van der Waals surface area contributed by atoms with Crippen LogP contribution in [0, 0.1) is 0 Å². The van der Waals surface area contributed by atoms with Crippen LogP contribution in [0.4, 0.5) is 0 Å². The SMILES string of the molecule is C[Si](C)=C1C=CC(C2C=Cc3ccccc32)=[C]1[Zr]. The van der Waals surface area contributed by atoms with Crippen molar-refractivity contribution in [3.8, 4) is 0 Å². The average Bonchev–Trinajstić information content (AvgIpc) is 2.92. The van der Waals surface area contributed by atoms with Gasteiger partial charge < -0.3 is 0 Å². The van der Waals surface area contributed by atoms with E-state index in [0.29, 0.717) is 5.92 Å². The molecule has 0 nitrogen and oxygen atoms in total. The predicted molar refractivity (Wildman–Crippen MR) is 76.9 cm³/mol. The van der Waals surface area contributed by atoms with Crippen LogP contribution in [-0.4, -0.2) is 13.6 Å². The van der Waals surface area contributed by atoms with Gasteiger partial charge in [-0.1, -0.05) is 0 Å². The summed E-state index contributed by atoms with van der Waals surface area (Å²) in [5.41, 5.74) is 4.40. The van der Waals surface area contributed by atoms with Gasteiger partial charge in [-0.3, -0.25) is 0 Å². The van der Waals surface area contributed by atoms with E-state index >= 15 is 0 Å². The molecule has 0 heterocycles. The number of allylic oxidation sites excluding steroid dienone is 5. The van der Waals surface area contributed by atoms with E-state index in [1.807, 2.05) is 0 Å². The summed E-state index contributed by atoms with van der Waals surface area (Å²) in [6, 6.07) is 8.76. The van der Waals surface area contributed by atoms with Crippen molar-refractivity contribution in [2.45, 2.75) is 19.0 Å². The Bertz CT molecular complexity index is 628. The second-order valence-electron chi connectivity index (χ2n) is 5.04. The molecule has 1 unspecified atom stereocenters. The summed E-state index contributed by atoms with van der Waals surface area (Å²) in [5.74, 6) is 0.491. The van der Waals surface area contributed by atoms with E-state index < -0.39 is 0 Å². The van der Waals surface area contributed by atoms with Crippen LogP contribution in [0.5, 0.6) is 0 Å². The zero-order chi connectivity index (χ0) is 12.7. The summed E-state index contributed by atoms with van der Waals surface area (Å²) in [4.78, 5) is 0. The topological polar surface area (TPSA) is 0 Å². The van der Waals surface area contributed by atoms with Gasteiger partial charge >= 0.3 is 126 Å². The number of hydrogen-bond donors (Lipinski definition) is 0. The molecule has 18 heavy (non-hydrogen) atoms. The Kier molecular flexibility index (Phi) is 3.34. The van der Waals surface area contributed by atoms with E-state index in [2.05, 4.69) is 61.7 Å². The normalized spacial score (nSPS) is 20.7. The number of rotatable bonds is 1. The molecule has 2 aliphatic rings. The zero-order valence-corrected chi connectivity index (χ0v) is 14.2. The van der Waals surface area contributed by atoms with E-state index in [-0.39, 0.29) is 8.41 Å². The van der Waals surface area contributed by atoms with Crippen molar-refractivity contribution in [3.63, 3.8) is 0 Å². The molecule has 0 amide bonds. The van der Waals surface area contributed by atoms with E-state index in [9.17, 15) is 0 Å². The molecule has 0 fully saturated rings. The van der Waals surface area contributed by atoms with Crippen LogP contribution >= 0.6 is 0 Å². The average molecular weight is 327 g/mol. The molecule has 2 aliphatic carbocycles. The van der Waals surface area contributed by atoms with Gasteiger partial charge in [-0.15, -0.1) is 0 Å². The molecule has 87 valence electrons. The van der Waals surface area contributed by atoms with Crippen LogP contribution in [0.1, 0.15) is 17.0 Å². The molecule has 0 aliphatic heterocycles. The summed E-state index contributed by atoms with van der Waals surface area (Å²) >= 11 is 1.56. The summed E-state index contributed by atoms with van der Waals surface area (Å²) < 4.78 is 1.60. The predicted octanol–water partition coefficient (Wildman–Crippen LogP) is 3.68. The van der Waals surface area contributed by atoms with Crippen molar-refractivity contribution < 1.29 is 24.7 Å². The Morgan fingerprint density at radius 2 is 1.83 bits per heavy atom. The summed E-state index contributed by atoms with van der Waals surface area (Å²) in [5, 5.41) is 1.63. The third kappa shape index (κ3) is 1.96. The van der Waals surface area contributed by atoms with Crippen LogP contribution in [0.2, 0.25) is 13.1 Å². The van der Waals surface area contributed by atoms with Gasteiger partial charge in [0.1, 0.15) is 0 Å². The second kappa shape index (κ2) is 4.83. The molecule has 0 radical (unpaired) electrons. The molecule has 2 heteroatoms. The fourth-order valence-corrected chi connectivity index (χ4v) is 6.39. The van der Waals surface area contributed by atoms with E-state index in [4.69, 9.17) is 0 Å². The zero-order valence-electron chi connectivity index (χ0n) is 10.7. The molecular weight excluding hydrogens is 311 g/mol. The molecule has 1 aromatic carbocycles. The van der Waals surface area contributed by atoms with E-state index in [0.717, 1.165) is 0 Å². The Labute approximate surface area is 125 Å². The van der Waals surface area contributed by atoms with Crippen LogP contribution in [0.25, 0.3) is 6.08 Å². The Morgan fingerprint density at radius 3 is 2.56 bits per heavy atom. The third-order valence-electron chi connectivity index (χ3n) is 3.66. The molecule has 1 aromatic rings. The first-order chi connectivity index (χ1) is 8.68. The van der Waals surface area contributed by atoms with Gasteiger partial charge in [0.2, 0.25) is 0 Å². The van der Waals surface area contributed by atoms with Crippen LogP contribution in [0.15, 0.2) is 51.3 Å². The third-order valence-corrected chi connectivity index (χ3v) is 7.14. The van der Waals surface area contributed by atoms with Gasteiger partial charge in [-0.05, 0) is 0 Å². The molecular formula is C16H15SiZr. The van der Waals surface area contributed by atoms with Gasteiger partial charge in [0.05, 0.1) is 0 Å². The maximum atomic E-state index is 2.38. The summed E-state index contributed by atoms with van der Waals surface area (Å²) in [6.45, 7) is 4.77. The van der Waals surface area contributed by atoms with Crippen molar-refractivity contribution in [2.24, 2.45) is 0 Å². The van der Waals surface area contributed by atoms with Gasteiger partial charge in [0.15, 0.2) is 0 Å². The molecule has 3 rings (SSSR count). The van der Waals surface area contributed by atoms with E-state index in [1.165, 1.54) is 16.7 Å². The molecule has 0 aromatic heterocycles. The van der Waals surface area contributed by atoms with Gasteiger partial charge in [-0.25, -0.2) is 0 Å². The van der Waals surface area contributed by atoms with Crippen LogP contribution in [0.3, 0.4) is 0 Å². The summed E-state index contributed by atoms with van der Waals surface area (Å²) in [6.07, 6.45) is 9.34. The fraction of sp³-hybridized carbons (Fsp3) is 0.188. The number of hydrogen-bond acceptors (Lipinski definition) is 0. The fourth-order valence-electron chi connectivity index (χ4n) is 2.69. The Balaban J connectivity index is 2.08. The number of fused-ring (bicyclic) bond motifs is 1. The quantitative estimate of drug-likeness (QED) is 0.691. The Morgan fingerprint density at radius 1 is 1.06 bits per heavy atom. The monoisotopic (exact) mass is 325 g/mol. The van der Waals surface area contributed by atoms with Crippen molar-refractivity contribution in [2.75, 3.05) is 0 Å². The summed E-state index contributed by atoms with van der Waals surface area (Å²) in [7, 11) is -0.328. The molecule has 0 N–H and O–H groups in total.